The van der Waals surface area contributed by atoms with Gasteiger partial charge >= 0.3 is 0 Å². The maximum atomic E-state index is 13.7. The zero-order valence-corrected chi connectivity index (χ0v) is 12.3. The van der Waals surface area contributed by atoms with Crippen LogP contribution in [0.2, 0.25) is 0 Å². The van der Waals surface area contributed by atoms with Crippen molar-refractivity contribution in [3.05, 3.63) is 29.8 Å². The molecule has 1 aromatic heterocycles. The van der Waals surface area contributed by atoms with Gasteiger partial charge in [0.15, 0.2) is 5.82 Å². The van der Waals surface area contributed by atoms with Crippen molar-refractivity contribution < 1.29 is 14.3 Å². The summed E-state index contributed by atoms with van der Waals surface area (Å²) in [5, 5.41) is 15.2. The van der Waals surface area contributed by atoms with E-state index in [0.29, 0.717) is 31.4 Å². The van der Waals surface area contributed by atoms with Crippen molar-refractivity contribution in [2.24, 2.45) is 7.05 Å². The van der Waals surface area contributed by atoms with Crippen LogP contribution in [-0.4, -0.2) is 45.8 Å². The summed E-state index contributed by atoms with van der Waals surface area (Å²) in [5.41, 5.74) is 1.09. The minimum atomic E-state index is -0.460. The van der Waals surface area contributed by atoms with Gasteiger partial charge in [0.1, 0.15) is 11.3 Å². The smallest absolute Gasteiger partial charge is 0.237 e. The maximum Gasteiger partial charge on any atom is 0.237 e. The molecule has 1 aliphatic heterocycles. The zero-order chi connectivity index (χ0) is 15.7. The second kappa shape index (κ2) is 6.02. The van der Waals surface area contributed by atoms with Crippen LogP contribution in [0.4, 0.5) is 4.39 Å². The van der Waals surface area contributed by atoms with Gasteiger partial charge in [-0.25, -0.2) is 9.37 Å². The molecule has 3 rings (SSSR count). The minimum Gasteiger partial charge on any atom is -0.392 e. The van der Waals surface area contributed by atoms with Crippen LogP contribution in [0.25, 0.3) is 11.0 Å². The predicted octanol–water partition coefficient (Wildman–Crippen LogP) is 0.0939. The molecule has 2 heterocycles. The number of nitrogens with one attached hydrogen (secondary N) is 2. The molecule has 1 fully saturated rings. The van der Waals surface area contributed by atoms with Crippen molar-refractivity contribution in [2.45, 2.75) is 25.0 Å². The highest BCUT2D eigenvalue weighted by Gasteiger charge is 2.27. The fraction of sp³-hybridized carbons (Fsp3) is 0.467. The second-order valence-corrected chi connectivity index (χ2v) is 5.59. The number of aromatic nitrogens is 2. The molecule has 1 amide bonds. The molecule has 1 saturated heterocycles. The molecular formula is C15H19FN4O2. The molecular weight excluding hydrogens is 287 g/mol. The Morgan fingerprint density at radius 1 is 1.59 bits per heavy atom. The lowest BCUT2D eigenvalue weighted by molar-refractivity contribution is -0.122. The van der Waals surface area contributed by atoms with Gasteiger partial charge in [0.25, 0.3) is 0 Å². The molecule has 0 aliphatic carbocycles. The van der Waals surface area contributed by atoms with Crippen LogP contribution in [0.1, 0.15) is 12.2 Å². The maximum absolute atomic E-state index is 13.7. The fourth-order valence-electron chi connectivity index (χ4n) is 2.79. The summed E-state index contributed by atoms with van der Waals surface area (Å²) >= 11 is 0. The number of aryl methyl sites for hydroxylation is 1. The number of β-amino-alcohol motifs (C(OH)–C–C–N with tert-alkyl or cyclic N) is 1. The van der Waals surface area contributed by atoms with E-state index in [1.807, 2.05) is 17.7 Å². The molecule has 2 aromatic rings. The van der Waals surface area contributed by atoms with E-state index < -0.39 is 6.10 Å². The molecule has 6 nitrogen and oxygen atoms in total. The van der Waals surface area contributed by atoms with Crippen molar-refractivity contribution in [3.63, 3.8) is 0 Å². The average Bonchev–Trinajstić information content (AvgIpc) is 3.06. The van der Waals surface area contributed by atoms with Gasteiger partial charge in [-0.3, -0.25) is 4.79 Å². The normalized spacial score (nSPS) is 21.4. The topological polar surface area (TPSA) is 79.2 Å². The number of para-hydroxylation sites is 1. The predicted molar refractivity (Wildman–Crippen MR) is 79.8 cm³/mol. The van der Waals surface area contributed by atoms with E-state index in [4.69, 9.17) is 0 Å². The van der Waals surface area contributed by atoms with Crippen LogP contribution in [0.3, 0.4) is 0 Å². The highest BCUT2D eigenvalue weighted by Crippen LogP contribution is 2.18. The number of nitrogens with zero attached hydrogens (tertiary/aromatic N) is 2. The van der Waals surface area contributed by atoms with E-state index in [-0.39, 0.29) is 17.8 Å². The number of aliphatic hydroxyl groups excluding tert-OH is 1. The van der Waals surface area contributed by atoms with Crippen molar-refractivity contribution in [2.75, 3.05) is 13.1 Å². The second-order valence-electron chi connectivity index (χ2n) is 5.59. The summed E-state index contributed by atoms with van der Waals surface area (Å²) in [6.07, 6.45) is 0.494. The van der Waals surface area contributed by atoms with Gasteiger partial charge in [0.05, 0.1) is 17.7 Å². The van der Waals surface area contributed by atoms with Crippen LogP contribution < -0.4 is 10.6 Å². The number of aliphatic hydroxyl groups is 1. The molecule has 0 spiro atoms. The number of halogens is 1. The van der Waals surface area contributed by atoms with Crippen LogP contribution in [0.15, 0.2) is 18.2 Å². The van der Waals surface area contributed by atoms with Gasteiger partial charge < -0.3 is 20.3 Å². The zero-order valence-electron chi connectivity index (χ0n) is 12.3. The Hall–Kier alpha value is -1.99. The van der Waals surface area contributed by atoms with E-state index in [1.165, 1.54) is 6.07 Å². The molecule has 22 heavy (non-hydrogen) atoms. The van der Waals surface area contributed by atoms with Gasteiger partial charge in [0.2, 0.25) is 5.91 Å². The number of imidazole rings is 1. The van der Waals surface area contributed by atoms with Crippen molar-refractivity contribution in [3.8, 4) is 0 Å². The first-order valence-corrected chi connectivity index (χ1v) is 7.35. The summed E-state index contributed by atoms with van der Waals surface area (Å²) in [6.45, 7) is 0.869. The first-order valence-electron chi connectivity index (χ1n) is 7.35. The Kier molecular flexibility index (Phi) is 4.08. The Morgan fingerprint density at radius 3 is 3.09 bits per heavy atom. The molecule has 2 atom stereocenters. The van der Waals surface area contributed by atoms with Crippen LogP contribution in [0, 0.1) is 5.82 Å². The fourth-order valence-corrected chi connectivity index (χ4v) is 2.79. The minimum absolute atomic E-state index is 0.124. The lowest BCUT2D eigenvalue weighted by Gasteiger charge is -2.10. The average molecular weight is 306 g/mol. The van der Waals surface area contributed by atoms with Crippen molar-refractivity contribution in [1.29, 1.82) is 0 Å². The van der Waals surface area contributed by atoms with Gasteiger partial charge in [-0.2, -0.15) is 0 Å². The number of hydrogen-bond acceptors (Lipinski definition) is 4. The summed E-state index contributed by atoms with van der Waals surface area (Å²) < 4.78 is 15.5. The summed E-state index contributed by atoms with van der Waals surface area (Å²) in [4.78, 5) is 16.2. The number of rotatable bonds is 4. The quantitative estimate of drug-likeness (QED) is 0.748. The third-order valence-electron chi connectivity index (χ3n) is 4.03. The Balaban J connectivity index is 1.61. The summed E-state index contributed by atoms with van der Waals surface area (Å²) in [5.74, 6) is 0.258. The van der Waals surface area contributed by atoms with Crippen LogP contribution in [0.5, 0.6) is 0 Å². The number of amides is 1. The van der Waals surface area contributed by atoms with E-state index >= 15 is 0 Å². The van der Waals surface area contributed by atoms with Gasteiger partial charge in [-0.15, -0.1) is 0 Å². The highest BCUT2D eigenvalue weighted by molar-refractivity contribution is 5.82. The molecule has 0 saturated carbocycles. The van der Waals surface area contributed by atoms with Gasteiger partial charge in [0, 0.05) is 26.6 Å². The molecule has 118 valence electrons. The Labute approximate surface area is 127 Å². The third kappa shape index (κ3) is 2.82. The number of carbonyl (C=O) groups excluding carboxylic acids is 1. The van der Waals surface area contributed by atoms with E-state index in [0.717, 1.165) is 11.3 Å². The van der Waals surface area contributed by atoms with E-state index in [1.54, 1.807) is 6.07 Å². The first kappa shape index (κ1) is 14.9. The van der Waals surface area contributed by atoms with Crippen LogP contribution in [-0.2, 0) is 18.3 Å². The standard InChI is InChI=1S/C15H19FN4O2/c1-20-12-4-2-3-10(16)14(12)19-13(20)5-6-17-15(22)11-7-9(21)8-18-11/h2-4,9,11,18,21H,5-8H2,1H3,(H,17,22)/t9-,11-/m0/s1. The van der Waals surface area contributed by atoms with E-state index in [2.05, 4.69) is 15.6 Å². The first-order chi connectivity index (χ1) is 10.6. The van der Waals surface area contributed by atoms with Gasteiger partial charge in [-0.1, -0.05) is 6.07 Å². The molecule has 0 unspecified atom stereocenters. The van der Waals surface area contributed by atoms with Crippen molar-refractivity contribution in [1.82, 2.24) is 20.2 Å². The molecule has 0 bridgehead atoms. The molecule has 1 aromatic carbocycles. The lowest BCUT2D eigenvalue weighted by atomic mass is 10.2. The van der Waals surface area contributed by atoms with Crippen molar-refractivity contribution >= 4 is 16.9 Å². The SMILES string of the molecule is Cn1c(CCNC(=O)[C@@H]2C[C@H](O)CN2)nc2c(F)cccc21. The summed E-state index contributed by atoms with van der Waals surface area (Å²) in [6, 6.07) is 4.52. The largest absolute Gasteiger partial charge is 0.392 e. The van der Waals surface area contributed by atoms with Gasteiger partial charge in [-0.05, 0) is 18.6 Å². The number of benzene rings is 1. The van der Waals surface area contributed by atoms with E-state index in [9.17, 15) is 14.3 Å². The number of fused-ring (bicyclic) bond motifs is 1. The highest BCUT2D eigenvalue weighted by atomic mass is 19.1. The molecule has 7 heteroatoms. The number of hydrogen-bond donors (Lipinski definition) is 3. The number of carbonyl (C=O) groups is 1. The molecule has 1 aliphatic rings. The Morgan fingerprint density at radius 2 is 2.41 bits per heavy atom. The molecule has 3 N–H and O–H groups in total. The summed E-state index contributed by atoms with van der Waals surface area (Å²) in [7, 11) is 1.83. The Bertz CT molecular complexity index is 700. The molecule has 0 radical (unpaired) electrons. The third-order valence-corrected chi connectivity index (χ3v) is 4.03. The monoisotopic (exact) mass is 306 g/mol. The van der Waals surface area contributed by atoms with Crippen LogP contribution >= 0.6 is 0 Å². The lowest BCUT2D eigenvalue weighted by Crippen LogP contribution is -2.41.